The third-order valence-corrected chi connectivity index (χ3v) is 2.19. The number of hydrogen-bond acceptors (Lipinski definition) is 2. The second-order valence-corrected chi connectivity index (χ2v) is 3.91. The first-order chi connectivity index (χ1) is 6.40. The maximum atomic E-state index is 11.4. The van der Waals surface area contributed by atoms with Crippen molar-refractivity contribution in [3.8, 4) is 0 Å². The molecule has 2 amide bonds. The Morgan fingerprint density at radius 3 is 2.14 bits per heavy atom. The molecule has 82 valence electrons. The summed E-state index contributed by atoms with van der Waals surface area (Å²) in [7, 11) is 1.63. The van der Waals surface area contributed by atoms with E-state index in [0.29, 0.717) is 18.8 Å². The fraction of sp³-hybridized carbons (Fsp3) is 0.800. The van der Waals surface area contributed by atoms with Crippen LogP contribution in [0.15, 0.2) is 0 Å². The number of nitrogens with zero attached hydrogens (tertiary/aromatic N) is 1. The Bertz CT molecular complexity index is 214. The quantitative estimate of drug-likeness (QED) is 0.712. The van der Waals surface area contributed by atoms with Crippen LogP contribution in [0.3, 0.4) is 0 Å². The molecule has 0 bridgehead atoms. The fourth-order valence-electron chi connectivity index (χ4n) is 1.33. The van der Waals surface area contributed by atoms with Crippen molar-refractivity contribution in [1.82, 2.24) is 4.90 Å². The zero-order chi connectivity index (χ0) is 11.3. The molecule has 0 aromatic carbocycles. The smallest absolute Gasteiger partial charge is 0.240 e. The van der Waals surface area contributed by atoms with Crippen molar-refractivity contribution in [2.24, 2.45) is 11.7 Å². The van der Waals surface area contributed by atoms with E-state index in [1.807, 2.05) is 13.8 Å². The molecule has 1 atom stereocenters. The molecule has 0 radical (unpaired) electrons. The molecule has 14 heavy (non-hydrogen) atoms. The summed E-state index contributed by atoms with van der Waals surface area (Å²) in [6.07, 6.45) is 1.02. The van der Waals surface area contributed by atoms with Crippen LogP contribution in [0.4, 0.5) is 0 Å². The van der Waals surface area contributed by atoms with Gasteiger partial charge in [0.1, 0.15) is 6.04 Å². The summed E-state index contributed by atoms with van der Waals surface area (Å²) in [5, 5.41) is 0. The third kappa shape index (κ3) is 3.77. The minimum absolute atomic E-state index is 0.0468. The second kappa shape index (κ2) is 5.62. The number of primary amides is 1. The van der Waals surface area contributed by atoms with Gasteiger partial charge in [0.15, 0.2) is 0 Å². The maximum absolute atomic E-state index is 11.4. The normalized spacial score (nSPS) is 12.6. The number of nitrogens with two attached hydrogens (primary N) is 1. The summed E-state index contributed by atoms with van der Waals surface area (Å²) in [4.78, 5) is 23.9. The van der Waals surface area contributed by atoms with Crippen LogP contribution in [0.5, 0.6) is 0 Å². The molecule has 0 heterocycles. The molecule has 4 nitrogen and oxygen atoms in total. The Balaban J connectivity index is 4.48. The van der Waals surface area contributed by atoms with E-state index in [0.717, 1.165) is 0 Å². The minimum Gasteiger partial charge on any atom is -0.368 e. The molecule has 0 aliphatic carbocycles. The highest BCUT2D eigenvalue weighted by atomic mass is 16.2. The number of hydrogen-bond donors (Lipinski definition) is 1. The Hall–Kier alpha value is -1.06. The van der Waals surface area contributed by atoms with Crippen LogP contribution < -0.4 is 5.73 Å². The van der Waals surface area contributed by atoms with Crippen molar-refractivity contribution in [1.29, 1.82) is 0 Å². The van der Waals surface area contributed by atoms with Gasteiger partial charge < -0.3 is 10.6 Å². The molecule has 4 heteroatoms. The van der Waals surface area contributed by atoms with Crippen LogP contribution in [-0.2, 0) is 9.59 Å². The Labute approximate surface area is 85.4 Å². The second-order valence-electron chi connectivity index (χ2n) is 3.91. The third-order valence-electron chi connectivity index (χ3n) is 2.19. The standard InChI is InChI=1S/C10H20N2O2/c1-5-9(13)12(4)8(10(11)14)6-7(2)3/h7-8H,5-6H2,1-4H3,(H2,11,14)/t8-/m0/s1. The van der Waals surface area contributed by atoms with E-state index >= 15 is 0 Å². The monoisotopic (exact) mass is 200 g/mol. The molecule has 0 aromatic rings. The summed E-state index contributed by atoms with van der Waals surface area (Å²) in [5.74, 6) is -0.128. The number of carbonyl (C=O) groups excluding carboxylic acids is 2. The number of amides is 2. The first-order valence-electron chi connectivity index (χ1n) is 4.95. The molecule has 0 fully saturated rings. The molecule has 0 aromatic heterocycles. The van der Waals surface area contributed by atoms with Gasteiger partial charge in [-0.2, -0.15) is 0 Å². The van der Waals surface area contributed by atoms with Crippen LogP contribution in [0.2, 0.25) is 0 Å². The van der Waals surface area contributed by atoms with Gasteiger partial charge >= 0.3 is 0 Å². The molecule has 0 aliphatic rings. The van der Waals surface area contributed by atoms with Gasteiger partial charge in [0.2, 0.25) is 11.8 Å². The predicted molar refractivity (Wildman–Crippen MR) is 55.5 cm³/mol. The van der Waals surface area contributed by atoms with Crippen LogP contribution in [-0.4, -0.2) is 29.8 Å². The Kier molecular flexibility index (Phi) is 5.20. The van der Waals surface area contributed by atoms with Gasteiger partial charge in [-0.3, -0.25) is 9.59 Å². The van der Waals surface area contributed by atoms with Gasteiger partial charge in [0.25, 0.3) is 0 Å². The van der Waals surface area contributed by atoms with Crippen molar-refractivity contribution in [2.45, 2.75) is 39.7 Å². The summed E-state index contributed by atoms with van der Waals surface area (Å²) in [6, 6.07) is -0.470. The molecule has 0 rings (SSSR count). The van der Waals surface area contributed by atoms with Crippen molar-refractivity contribution in [3.05, 3.63) is 0 Å². The SMILES string of the molecule is CCC(=O)N(C)[C@@H](CC(C)C)C(N)=O. The van der Waals surface area contributed by atoms with E-state index in [9.17, 15) is 9.59 Å². The lowest BCUT2D eigenvalue weighted by Gasteiger charge is -2.26. The predicted octanol–water partition coefficient (Wildman–Crippen LogP) is 0.755. The van der Waals surface area contributed by atoms with E-state index in [4.69, 9.17) is 5.73 Å². The molecule has 0 saturated carbocycles. The average molecular weight is 200 g/mol. The zero-order valence-corrected chi connectivity index (χ0v) is 9.41. The number of carbonyl (C=O) groups is 2. The summed E-state index contributed by atoms with van der Waals surface area (Å²) in [6.45, 7) is 5.77. The van der Waals surface area contributed by atoms with Gasteiger partial charge in [0.05, 0.1) is 0 Å². The van der Waals surface area contributed by atoms with Gasteiger partial charge in [-0.25, -0.2) is 0 Å². The van der Waals surface area contributed by atoms with Gasteiger partial charge in [-0.15, -0.1) is 0 Å². The maximum Gasteiger partial charge on any atom is 0.240 e. The fourth-order valence-corrected chi connectivity index (χ4v) is 1.33. The highest BCUT2D eigenvalue weighted by Gasteiger charge is 2.24. The first kappa shape index (κ1) is 12.9. The highest BCUT2D eigenvalue weighted by Crippen LogP contribution is 2.10. The van der Waals surface area contributed by atoms with Gasteiger partial charge in [0, 0.05) is 13.5 Å². The summed E-state index contributed by atoms with van der Waals surface area (Å²) < 4.78 is 0. The first-order valence-corrected chi connectivity index (χ1v) is 4.95. The number of likely N-dealkylation sites (N-methyl/N-ethyl adjacent to an activating group) is 1. The van der Waals surface area contributed by atoms with Crippen LogP contribution in [0.1, 0.15) is 33.6 Å². The van der Waals surface area contributed by atoms with Crippen LogP contribution >= 0.6 is 0 Å². The van der Waals surface area contributed by atoms with E-state index in [-0.39, 0.29) is 5.91 Å². The molecular weight excluding hydrogens is 180 g/mol. The average Bonchev–Trinajstić information content (AvgIpc) is 2.11. The van der Waals surface area contributed by atoms with Crippen LogP contribution in [0.25, 0.3) is 0 Å². The molecule has 2 N–H and O–H groups in total. The van der Waals surface area contributed by atoms with Crippen molar-refractivity contribution >= 4 is 11.8 Å². The minimum atomic E-state index is -0.470. The van der Waals surface area contributed by atoms with Crippen molar-refractivity contribution < 1.29 is 9.59 Å². The highest BCUT2D eigenvalue weighted by molar-refractivity contribution is 5.86. The topological polar surface area (TPSA) is 63.4 Å². The lowest BCUT2D eigenvalue weighted by atomic mass is 10.0. The van der Waals surface area contributed by atoms with Gasteiger partial charge in [-0.1, -0.05) is 20.8 Å². The molecule has 0 unspecified atom stereocenters. The van der Waals surface area contributed by atoms with Gasteiger partial charge in [-0.05, 0) is 12.3 Å². The lowest BCUT2D eigenvalue weighted by Crippen LogP contribution is -2.46. The Morgan fingerprint density at radius 1 is 1.36 bits per heavy atom. The van der Waals surface area contributed by atoms with Crippen molar-refractivity contribution in [3.63, 3.8) is 0 Å². The zero-order valence-electron chi connectivity index (χ0n) is 9.41. The summed E-state index contributed by atoms with van der Waals surface area (Å²) >= 11 is 0. The molecule has 0 aliphatic heterocycles. The molecular formula is C10H20N2O2. The molecule has 0 spiro atoms. The summed E-state index contributed by atoms with van der Waals surface area (Å²) in [5.41, 5.74) is 5.25. The van der Waals surface area contributed by atoms with Crippen molar-refractivity contribution in [2.75, 3.05) is 7.05 Å². The number of rotatable bonds is 5. The lowest BCUT2D eigenvalue weighted by molar-refractivity contribution is -0.138. The molecule has 0 saturated heterocycles. The van der Waals surface area contributed by atoms with E-state index in [1.165, 1.54) is 4.90 Å². The van der Waals surface area contributed by atoms with E-state index in [1.54, 1.807) is 14.0 Å². The largest absolute Gasteiger partial charge is 0.368 e. The van der Waals surface area contributed by atoms with Crippen LogP contribution in [0, 0.1) is 5.92 Å². The van der Waals surface area contributed by atoms with E-state index in [2.05, 4.69) is 0 Å². The van der Waals surface area contributed by atoms with E-state index < -0.39 is 11.9 Å². The Morgan fingerprint density at radius 2 is 1.86 bits per heavy atom.